The van der Waals surface area contributed by atoms with E-state index in [-0.39, 0.29) is 31.9 Å². The minimum atomic E-state index is -1.81. The van der Waals surface area contributed by atoms with E-state index in [9.17, 15) is 4.79 Å². The van der Waals surface area contributed by atoms with Gasteiger partial charge >= 0.3 is 135 Å². The van der Waals surface area contributed by atoms with Gasteiger partial charge < -0.3 is 0 Å². The van der Waals surface area contributed by atoms with Gasteiger partial charge in [-0.2, -0.15) is 0 Å². The van der Waals surface area contributed by atoms with Crippen molar-refractivity contribution in [1.82, 2.24) is 0 Å². The maximum atomic E-state index is 12.2. The minimum absolute atomic E-state index is 0.0148. The summed E-state index contributed by atoms with van der Waals surface area (Å²) in [4.78, 5) is 12.2. The molecule has 0 spiro atoms. The SMILES string of the molecule is CC(C)(C)[Si](C)(C)OC1C=C([Se]c2ccccc2)C(=O)C1. The first-order valence-corrected chi connectivity index (χ1v) is 12.0. The summed E-state index contributed by atoms with van der Waals surface area (Å²) in [7, 11) is -1.81. The zero-order chi connectivity index (χ0) is 15.7. The molecule has 0 fully saturated rings. The summed E-state index contributed by atoms with van der Waals surface area (Å²) < 4.78 is 8.57. The van der Waals surface area contributed by atoms with Crippen LogP contribution in [0.15, 0.2) is 40.9 Å². The van der Waals surface area contributed by atoms with Crippen molar-refractivity contribution in [2.45, 2.75) is 51.4 Å². The topological polar surface area (TPSA) is 26.3 Å². The number of benzene rings is 1. The Morgan fingerprint density at radius 1 is 1.19 bits per heavy atom. The van der Waals surface area contributed by atoms with Crippen LogP contribution < -0.4 is 4.46 Å². The third kappa shape index (κ3) is 4.16. The standard InChI is InChI=1S/C17H24O2SeSi/c1-17(2,3)21(4,5)19-13-11-15(18)16(12-13)20-14-9-7-6-8-10-14/h6-10,12-13H,11H2,1-5H3. The summed E-state index contributed by atoms with van der Waals surface area (Å²) in [5.74, 6) is 0.266. The van der Waals surface area contributed by atoms with Crippen molar-refractivity contribution in [3.05, 3.63) is 40.9 Å². The molecule has 0 radical (unpaired) electrons. The first-order valence-electron chi connectivity index (χ1n) is 7.35. The number of allylic oxidation sites excluding steroid dienone is 1. The van der Waals surface area contributed by atoms with Gasteiger partial charge in [-0.3, -0.25) is 0 Å². The van der Waals surface area contributed by atoms with Crippen LogP contribution in [0.2, 0.25) is 18.1 Å². The third-order valence-electron chi connectivity index (χ3n) is 4.22. The number of Topliss-reactive ketones (excluding diaryl/α,β-unsaturated/α-hetero) is 1. The van der Waals surface area contributed by atoms with E-state index in [1.807, 2.05) is 18.2 Å². The molecule has 0 bridgehead atoms. The molecule has 1 unspecified atom stereocenters. The van der Waals surface area contributed by atoms with Crippen LogP contribution in [-0.2, 0) is 9.22 Å². The second kappa shape index (κ2) is 6.21. The summed E-state index contributed by atoms with van der Waals surface area (Å²) in [6.07, 6.45) is 2.59. The molecule has 2 rings (SSSR count). The van der Waals surface area contributed by atoms with E-state index in [0.29, 0.717) is 6.42 Å². The first kappa shape index (κ1) is 16.7. The average Bonchev–Trinajstić information content (AvgIpc) is 2.68. The normalized spacial score (nSPS) is 19.8. The summed E-state index contributed by atoms with van der Waals surface area (Å²) in [6.45, 7) is 11.2. The number of carbonyl (C=O) groups excluding carboxylic acids is 1. The second-order valence-electron chi connectivity index (χ2n) is 6.99. The molecule has 1 aromatic carbocycles. The van der Waals surface area contributed by atoms with Crippen molar-refractivity contribution in [1.29, 1.82) is 0 Å². The fourth-order valence-electron chi connectivity index (χ4n) is 1.94. The third-order valence-corrected chi connectivity index (χ3v) is 11.0. The van der Waals surface area contributed by atoms with Gasteiger partial charge in [0, 0.05) is 0 Å². The molecule has 0 heterocycles. The fraction of sp³-hybridized carbons (Fsp3) is 0.471. The fourth-order valence-corrected chi connectivity index (χ4v) is 5.23. The molecule has 4 heteroatoms. The summed E-state index contributed by atoms with van der Waals surface area (Å²) in [5, 5.41) is 0.178. The van der Waals surface area contributed by atoms with E-state index >= 15 is 0 Å². The van der Waals surface area contributed by atoms with E-state index < -0.39 is 8.32 Å². The Morgan fingerprint density at radius 2 is 1.81 bits per heavy atom. The van der Waals surface area contributed by atoms with Crippen molar-refractivity contribution < 1.29 is 9.22 Å². The van der Waals surface area contributed by atoms with Gasteiger partial charge in [0.15, 0.2) is 0 Å². The molecule has 0 amide bonds. The zero-order valence-corrected chi connectivity index (χ0v) is 16.2. The molecule has 21 heavy (non-hydrogen) atoms. The Morgan fingerprint density at radius 3 is 2.38 bits per heavy atom. The second-order valence-corrected chi connectivity index (χ2v) is 14.1. The van der Waals surface area contributed by atoms with Gasteiger partial charge in [-0.05, 0) is 0 Å². The molecule has 0 saturated carbocycles. The Bertz CT molecular complexity index is 544. The zero-order valence-electron chi connectivity index (χ0n) is 13.5. The average molecular weight is 367 g/mol. The molecule has 1 atom stereocenters. The van der Waals surface area contributed by atoms with Gasteiger partial charge in [-0.1, -0.05) is 0 Å². The number of hydrogen-bond acceptors (Lipinski definition) is 2. The summed E-state index contributed by atoms with van der Waals surface area (Å²) in [5.41, 5.74) is 0. The molecule has 0 N–H and O–H groups in total. The van der Waals surface area contributed by atoms with Gasteiger partial charge in [0.05, 0.1) is 0 Å². The van der Waals surface area contributed by atoms with E-state index in [1.54, 1.807) is 0 Å². The molecule has 2 nitrogen and oxygen atoms in total. The molecule has 0 aromatic heterocycles. The molecule has 1 aliphatic carbocycles. The quantitative estimate of drug-likeness (QED) is 0.764. The number of hydrogen-bond donors (Lipinski definition) is 0. The Labute approximate surface area is 135 Å². The Kier molecular flexibility index (Phi) is 4.94. The van der Waals surface area contributed by atoms with Crippen LogP contribution in [0, 0.1) is 0 Å². The predicted molar refractivity (Wildman–Crippen MR) is 91.6 cm³/mol. The van der Waals surface area contributed by atoms with Crippen LogP contribution in [0.1, 0.15) is 27.2 Å². The van der Waals surface area contributed by atoms with Crippen LogP contribution in [0.5, 0.6) is 0 Å². The molecule has 0 saturated heterocycles. The number of carbonyl (C=O) groups is 1. The van der Waals surface area contributed by atoms with E-state index in [1.165, 1.54) is 4.46 Å². The maximum absolute atomic E-state index is 12.2. The van der Waals surface area contributed by atoms with Crippen molar-refractivity contribution >= 4 is 33.5 Å². The van der Waals surface area contributed by atoms with E-state index in [4.69, 9.17) is 4.43 Å². The first-order chi connectivity index (χ1) is 9.69. The molecular weight excluding hydrogens is 343 g/mol. The summed E-state index contributed by atoms with van der Waals surface area (Å²) >= 11 is 0.101. The molecule has 0 aliphatic heterocycles. The van der Waals surface area contributed by atoms with Gasteiger partial charge in [0.1, 0.15) is 0 Å². The van der Waals surface area contributed by atoms with Crippen LogP contribution in [0.4, 0.5) is 0 Å². The van der Waals surface area contributed by atoms with Crippen molar-refractivity contribution in [3.8, 4) is 0 Å². The molecule has 1 aromatic rings. The monoisotopic (exact) mass is 368 g/mol. The number of rotatable bonds is 4. The van der Waals surface area contributed by atoms with Crippen molar-refractivity contribution in [2.24, 2.45) is 0 Å². The van der Waals surface area contributed by atoms with Gasteiger partial charge in [-0.15, -0.1) is 0 Å². The number of ketones is 1. The molecular formula is C17H24O2SeSi. The van der Waals surface area contributed by atoms with Crippen LogP contribution in [0.25, 0.3) is 0 Å². The predicted octanol–water partition coefficient (Wildman–Crippen LogP) is 3.26. The van der Waals surface area contributed by atoms with Gasteiger partial charge in [-0.25, -0.2) is 0 Å². The van der Waals surface area contributed by atoms with Crippen LogP contribution in [-0.4, -0.2) is 35.2 Å². The molecule has 114 valence electrons. The van der Waals surface area contributed by atoms with Gasteiger partial charge in [0.2, 0.25) is 0 Å². The van der Waals surface area contributed by atoms with Crippen molar-refractivity contribution in [3.63, 3.8) is 0 Å². The van der Waals surface area contributed by atoms with E-state index in [0.717, 1.165) is 4.47 Å². The molecule has 1 aliphatic rings. The van der Waals surface area contributed by atoms with Crippen LogP contribution in [0.3, 0.4) is 0 Å². The van der Waals surface area contributed by atoms with Gasteiger partial charge in [0.25, 0.3) is 0 Å². The summed E-state index contributed by atoms with van der Waals surface area (Å²) in [6, 6.07) is 10.3. The Hall–Kier alpha value is -0.674. The Balaban J connectivity index is 2.07. The van der Waals surface area contributed by atoms with Crippen molar-refractivity contribution in [2.75, 3.05) is 0 Å². The van der Waals surface area contributed by atoms with Crippen LogP contribution >= 0.6 is 0 Å². The van der Waals surface area contributed by atoms with E-state index in [2.05, 4.69) is 52.1 Å².